The lowest BCUT2D eigenvalue weighted by Gasteiger charge is -2.35. The van der Waals surface area contributed by atoms with E-state index in [0.717, 1.165) is 17.7 Å². The first-order chi connectivity index (χ1) is 14.8. The van der Waals surface area contributed by atoms with Crippen LogP contribution in [0.3, 0.4) is 0 Å². The molecular weight excluding hydrogens is 386 g/mol. The smallest absolute Gasteiger partial charge is 0.269 e. The van der Waals surface area contributed by atoms with Gasteiger partial charge in [-0.25, -0.2) is 0 Å². The highest BCUT2D eigenvalue weighted by Gasteiger charge is 2.31. The molecule has 0 aromatic heterocycles. The molecule has 0 heterocycles. The van der Waals surface area contributed by atoms with Crippen LogP contribution in [0.4, 0.5) is 5.69 Å². The molecule has 0 aliphatic heterocycles. The lowest BCUT2D eigenvalue weighted by atomic mass is 9.71. The second kappa shape index (κ2) is 10.1. The molecule has 0 saturated heterocycles. The molecular formula is C27H35NO3. The van der Waals surface area contributed by atoms with Gasteiger partial charge in [-0.3, -0.25) is 10.1 Å². The minimum Gasteiger partial charge on any atom is -0.489 e. The van der Waals surface area contributed by atoms with Gasteiger partial charge in [0.05, 0.1) is 4.92 Å². The van der Waals surface area contributed by atoms with E-state index in [0.29, 0.717) is 24.4 Å². The molecule has 4 heteroatoms. The number of hydrogen-bond acceptors (Lipinski definition) is 3. The average molecular weight is 422 g/mol. The fourth-order valence-corrected chi connectivity index (χ4v) is 4.78. The molecule has 3 atom stereocenters. The van der Waals surface area contributed by atoms with Crippen molar-refractivity contribution in [3.63, 3.8) is 0 Å². The van der Waals surface area contributed by atoms with Gasteiger partial charge in [0.2, 0.25) is 0 Å². The van der Waals surface area contributed by atoms with Crippen molar-refractivity contribution in [1.82, 2.24) is 0 Å². The summed E-state index contributed by atoms with van der Waals surface area (Å²) in [5, 5.41) is 10.9. The fraction of sp³-hybridized carbons (Fsp3) is 0.481. The first-order valence-corrected chi connectivity index (χ1v) is 11.4. The van der Waals surface area contributed by atoms with Crippen molar-refractivity contribution in [2.75, 3.05) is 0 Å². The van der Waals surface area contributed by atoms with Crippen molar-refractivity contribution in [2.24, 2.45) is 5.92 Å². The zero-order valence-electron chi connectivity index (χ0n) is 19.5. The predicted octanol–water partition coefficient (Wildman–Crippen LogP) is 7.85. The zero-order valence-corrected chi connectivity index (χ0v) is 19.5. The number of benzene rings is 2. The van der Waals surface area contributed by atoms with E-state index in [2.05, 4.69) is 52.8 Å². The number of aryl methyl sites for hydroxylation is 1. The van der Waals surface area contributed by atoms with Gasteiger partial charge in [-0.15, -0.1) is 0 Å². The van der Waals surface area contributed by atoms with Crippen LogP contribution < -0.4 is 4.74 Å². The Labute approximate surface area is 186 Å². The second-order valence-electron chi connectivity index (χ2n) is 9.40. The third-order valence-corrected chi connectivity index (χ3v) is 6.52. The Kier molecular flexibility index (Phi) is 7.53. The van der Waals surface area contributed by atoms with Crippen molar-refractivity contribution in [1.29, 1.82) is 0 Å². The molecule has 0 saturated carbocycles. The molecule has 3 rings (SSSR count). The Hall–Kier alpha value is -2.62. The molecule has 0 radical (unpaired) electrons. The Morgan fingerprint density at radius 3 is 2.58 bits per heavy atom. The van der Waals surface area contributed by atoms with Crippen LogP contribution in [0.25, 0.3) is 0 Å². The lowest BCUT2D eigenvalue weighted by Crippen LogP contribution is -2.20. The SMILES string of the molecule is CC(C)=CCC[C@H](C)C1CC[C@@H](C)c2c(OCc3ccc([N+](=O)[O-])cc3)cc(C)cc21. The maximum atomic E-state index is 10.9. The van der Waals surface area contributed by atoms with Gasteiger partial charge in [-0.05, 0) is 99.1 Å². The van der Waals surface area contributed by atoms with Gasteiger partial charge in [0.25, 0.3) is 5.69 Å². The van der Waals surface area contributed by atoms with Gasteiger partial charge in [-0.1, -0.05) is 31.6 Å². The molecule has 1 aliphatic carbocycles. The lowest BCUT2D eigenvalue weighted by molar-refractivity contribution is -0.384. The van der Waals surface area contributed by atoms with Crippen LogP contribution in [0.2, 0.25) is 0 Å². The number of nitro benzene ring substituents is 1. The summed E-state index contributed by atoms with van der Waals surface area (Å²) in [7, 11) is 0. The molecule has 166 valence electrons. The van der Waals surface area contributed by atoms with Crippen LogP contribution in [0.15, 0.2) is 48.0 Å². The summed E-state index contributed by atoms with van der Waals surface area (Å²) in [5.74, 6) is 2.65. The number of ether oxygens (including phenoxy) is 1. The summed E-state index contributed by atoms with van der Waals surface area (Å²) in [4.78, 5) is 10.5. The number of hydrogen-bond donors (Lipinski definition) is 0. The summed E-state index contributed by atoms with van der Waals surface area (Å²) in [6.07, 6.45) is 7.10. The molecule has 2 aromatic carbocycles. The third kappa shape index (κ3) is 5.75. The molecule has 4 nitrogen and oxygen atoms in total. The maximum Gasteiger partial charge on any atom is 0.269 e. The largest absolute Gasteiger partial charge is 0.489 e. The molecule has 0 amide bonds. The van der Waals surface area contributed by atoms with Crippen LogP contribution in [0.5, 0.6) is 5.75 Å². The van der Waals surface area contributed by atoms with E-state index >= 15 is 0 Å². The predicted molar refractivity (Wildman–Crippen MR) is 127 cm³/mol. The maximum absolute atomic E-state index is 10.9. The molecule has 0 N–H and O–H groups in total. The van der Waals surface area contributed by atoms with Crippen LogP contribution >= 0.6 is 0 Å². The van der Waals surface area contributed by atoms with Gasteiger partial charge in [-0.2, -0.15) is 0 Å². The van der Waals surface area contributed by atoms with E-state index in [-0.39, 0.29) is 10.6 Å². The van der Waals surface area contributed by atoms with E-state index in [4.69, 9.17) is 4.74 Å². The Morgan fingerprint density at radius 1 is 1.23 bits per heavy atom. The van der Waals surface area contributed by atoms with Crippen molar-refractivity contribution in [3.8, 4) is 5.75 Å². The number of nitro groups is 1. The molecule has 0 bridgehead atoms. The Balaban J connectivity index is 1.82. The Morgan fingerprint density at radius 2 is 1.94 bits per heavy atom. The fourth-order valence-electron chi connectivity index (χ4n) is 4.78. The summed E-state index contributed by atoms with van der Waals surface area (Å²) < 4.78 is 6.30. The second-order valence-corrected chi connectivity index (χ2v) is 9.40. The first-order valence-electron chi connectivity index (χ1n) is 11.4. The summed E-state index contributed by atoms with van der Waals surface area (Å²) in [6, 6.07) is 11.1. The van der Waals surface area contributed by atoms with Crippen molar-refractivity contribution in [2.45, 2.75) is 78.7 Å². The van der Waals surface area contributed by atoms with E-state index in [1.54, 1.807) is 12.1 Å². The number of rotatable bonds is 8. The Bertz CT molecular complexity index is 942. The van der Waals surface area contributed by atoms with Crippen molar-refractivity contribution in [3.05, 3.63) is 80.4 Å². The van der Waals surface area contributed by atoms with Crippen molar-refractivity contribution >= 4 is 5.69 Å². The first kappa shape index (κ1) is 23.1. The van der Waals surface area contributed by atoms with Crippen molar-refractivity contribution < 1.29 is 9.66 Å². The number of non-ortho nitro benzene ring substituents is 1. The number of allylic oxidation sites excluding steroid dienone is 2. The summed E-state index contributed by atoms with van der Waals surface area (Å²) in [6.45, 7) is 11.6. The zero-order chi connectivity index (χ0) is 22.5. The van der Waals surface area contributed by atoms with E-state index in [9.17, 15) is 10.1 Å². The van der Waals surface area contributed by atoms with Gasteiger partial charge >= 0.3 is 0 Å². The average Bonchev–Trinajstić information content (AvgIpc) is 2.71. The van der Waals surface area contributed by atoms with Gasteiger partial charge in [0.15, 0.2) is 0 Å². The molecule has 1 unspecified atom stereocenters. The molecule has 31 heavy (non-hydrogen) atoms. The molecule has 0 spiro atoms. The van der Waals surface area contributed by atoms with Crippen LogP contribution in [-0.4, -0.2) is 4.92 Å². The summed E-state index contributed by atoms with van der Waals surface area (Å²) in [5.41, 5.74) is 6.49. The quantitative estimate of drug-likeness (QED) is 0.248. The van der Waals surface area contributed by atoms with Crippen LogP contribution in [0.1, 0.15) is 87.5 Å². The standard InChI is InChI=1S/C27H35NO3/c1-18(2)7-6-8-20(4)24-14-9-21(5)27-25(24)15-19(3)16-26(27)31-17-22-10-12-23(13-11-22)28(29)30/h7,10-13,15-16,20-21,24H,6,8-9,14,17H2,1-5H3/t20-,21+,24?/m0/s1. The number of nitrogens with zero attached hydrogens (tertiary/aromatic N) is 1. The molecule has 2 aromatic rings. The highest BCUT2D eigenvalue weighted by atomic mass is 16.6. The van der Waals surface area contributed by atoms with E-state index in [1.165, 1.54) is 53.7 Å². The van der Waals surface area contributed by atoms with Gasteiger partial charge in [0.1, 0.15) is 12.4 Å². The highest BCUT2D eigenvalue weighted by molar-refractivity contribution is 5.49. The third-order valence-electron chi connectivity index (χ3n) is 6.52. The van der Waals surface area contributed by atoms with Gasteiger partial charge < -0.3 is 4.74 Å². The van der Waals surface area contributed by atoms with E-state index < -0.39 is 0 Å². The van der Waals surface area contributed by atoms with Crippen LogP contribution in [-0.2, 0) is 6.61 Å². The van der Waals surface area contributed by atoms with Crippen LogP contribution in [0, 0.1) is 23.0 Å². The monoisotopic (exact) mass is 421 g/mol. The minimum absolute atomic E-state index is 0.107. The highest BCUT2D eigenvalue weighted by Crippen LogP contribution is 2.47. The topological polar surface area (TPSA) is 52.4 Å². The molecule has 1 aliphatic rings. The normalized spacial score (nSPS) is 18.7. The molecule has 0 fully saturated rings. The number of fused-ring (bicyclic) bond motifs is 1. The summed E-state index contributed by atoms with van der Waals surface area (Å²) >= 11 is 0. The minimum atomic E-state index is -0.373. The van der Waals surface area contributed by atoms with E-state index in [1.807, 2.05) is 0 Å². The van der Waals surface area contributed by atoms with Gasteiger partial charge in [0, 0.05) is 17.7 Å².